The van der Waals surface area contributed by atoms with Gasteiger partial charge in [-0.3, -0.25) is 0 Å². The zero-order valence-corrected chi connectivity index (χ0v) is 7.08. The lowest BCUT2D eigenvalue weighted by Gasteiger charge is -2.13. The largest absolute Gasteiger partial charge is 0.300 e. The van der Waals surface area contributed by atoms with Gasteiger partial charge in [0.05, 0.1) is 11.1 Å². The minimum absolute atomic E-state index is 0.650. The van der Waals surface area contributed by atoms with Crippen LogP contribution in [0.1, 0.15) is 0 Å². The van der Waals surface area contributed by atoms with Gasteiger partial charge in [-0.25, -0.2) is 5.84 Å². The number of nitrogens with two attached hydrogens (primary N) is 1. The third kappa shape index (κ3) is 1.72. The average molecular weight is 201 g/mol. The molecule has 0 fully saturated rings. The molecule has 0 radical (unpaired) electrons. The molecule has 2 N–H and O–H groups in total. The predicted molar refractivity (Wildman–Crippen MR) is 46.9 cm³/mol. The molecule has 10 heavy (non-hydrogen) atoms. The molecule has 0 saturated heterocycles. The van der Waals surface area contributed by atoms with Gasteiger partial charge >= 0.3 is 0 Å². The van der Waals surface area contributed by atoms with Crippen LogP contribution in [0.3, 0.4) is 0 Å². The third-order valence-corrected chi connectivity index (χ3v) is 1.76. The highest BCUT2D eigenvalue weighted by Gasteiger charge is 1.94. The Labute approximate surface area is 68.7 Å². The Bertz CT molecular complexity index is 188. The SMILES string of the molecule is NN(CBr)c1ccccc1. The van der Waals surface area contributed by atoms with Crippen molar-refractivity contribution in [3.8, 4) is 0 Å². The van der Waals surface area contributed by atoms with Crippen LogP contribution in [-0.2, 0) is 0 Å². The third-order valence-electron chi connectivity index (χ3n) is 1.22. The highest BCUT2D eigenvalue weighted by Crippen LogP contribution is 2.09. The molecule has 0 aromatic heterocycles. The molecule has 0 atom stereocenters. The second-order valence-electron chi connectivity index (χ2n) is 1.92. The summed E-state index contributed by atoms with van der Waals surface area (Å²) in [6.07, 6.45) is 0. The maximum absolute atomic E-state index is 5.58. The van der Waals surface area contributed by atoms with E-state index in [-0.39, 0.29) is 0 Å². The van der Waals surface area contributed by atoms with Gasteiger partial charge in [0.25, 0.3) is 0 Å². The van der Waals surface area contributed by atoms with E-state index in [9.17, 15) is 0 Å². The first-order valence-corrected chi connectivity index (χ1v) is 4.10. The van der Waals surface area contributed by atoms with Crippen molar-refractivity contribution in [2.24, 2.45) is 5.84 Å². The van der Waals surface area contributed by atoms with E-state index >= 15 is 0 Å². The smallest absolute Gasteiger partial charge is 0.0893 e. The summed E-state index contributed by atoms with van der Waals surface area (Å²) < 4.78 is 0. The van der Waals surface area contributed by atoms with E-state index < -0.39 is 0 Å². The van der Waals surface area contributed by atoms with Crippen molar-refractivity contribution >= 4 is 21.6 Å². The fraction of sp³-hybridized carbons (Fsp3) is 0.143. The van der Waals surface area contributed by atoms with Gasteiger partial charge in [0.2, 0.25) is 0 Å². The highest BCUT2D eigenvalue weighted by atomic mass is 79.9. The van der Waals surface area contributed by atoms with Gasteiger partial charge in [0.1, 0.15) is 0 Å². The summed E-state index contributed by atoms with van der Waals surface area (Å²) in [6, 6.07) is 9.80. The molecule has 54 valence electrons. The minimum Gasteiger partial charge on any atom is -0.300 e. The van der Waals surface area contributed by atoms with E-state index in [1.54, 1.807) is 5.01 Å². The van der Waals surface area contributed by atoms with Crippen molar-refractivity contribution in [3.63, 3.8) is 0 Å². The maximum Gasteiger partial charge on any atom is 0.0893 e. The molecular weight excluding hydrogens is 192 g/mol. The first kappa shape index (κ1) is 7.57. The number of halogens is 1. The Kier molecular flexibility index (Phi) is 2.71. The Morgan fingerprint density at radius 1 is 1.30 bits per heavy atom. The van der Waals surface area contributed by atoms with Crippen LogP contribution in [0.4, 0.5) is 5.69 Å². The standard InChI is InChI=1S/C7H9BrN2/c8-6-10(9)7-4-2-1-3-5-7/h1-5H,6,9H2. The van der Waals surface area contributed by atoms with Crippen molar-refractivity contribution in [2.45, 2.75) is 0 Å². The molecule has 0 aliphatic rings. The number of alkyl halides is 1. The lowest BCUT2D eigenvalue weighted by atomic mass is 10.3. The Balaban J connectivity index is 2.75. The van der Waals surface area contributed by atoms with Crippen LogP contribution in [0.5, 0.6) is 0 Å². The molecule has 0 unspecified atom stereocenters. The normalized spacial score (nSPS) is 9.40. The molecule has 2 nitrogen and oxygen atoms in total. The van der Waals surface area contributed by atoms with E-state index in [4.69, 9.17) is 5.84 Å². The second kappa shape index (κ2) is 3.58. The first-order chi connectivity index (χ1) is 4.84. The van der Waals surface area contributed by atoms with Crippen molar-refractivity contribution in [1.29, 1.82) is 0 Å². The van der Waals surface area contributed by atoms with E-state index in [1.807, 2.05) is 30.3 Å². The molecule has 0 amide bonds. The van der Waals surface area contributed by atoms with Crippen molar-refractivity contribution in [2.75, 3.05) is 10.5 Å². The van der Waals surface area contributed by atoms with Crippen molar-refractivity contribution < 1.29 is 0 Å². The number of benzene rings is 1. The Morgan fingerprint density at radius 3 is 2.40 bits per heavy atom. The number of para-hydroxylation sites is 1. The predicted octanol–water partition coefficient (Wildman–Crippen LogP) is 1.72. The van der Waals surface area contributed by atoms with Gasteiger partial charge in [0, 0.05) is 0 Å². The number of hydrogen-bond donors (Lipinski definition) is 1. The molecule has 0 aliphatic carbocycles. The summed E-state index contributed by atoms with van der Waals surface area (Å²) in [4.78, 5) is 0. The number of rotatable bonds is 2. The number of anilines is 1. The number of hydrogen-bond acceptors (Lipinski definition) is 2. The molecule has 3 heteroatoms. The van der Waals surface area contributed by atoms with Crippen molar-refractivity contribution in [3.05, 3.63) is 30.3 Å². The lowest BCUT2D eigenvalue weighted by molar-refractivity contribution is 0.998. The summed E-state index contributed by atoms with van der Waals surface area (Å²) in [5.74, 6) is 5.58. The molecule has 1 rings (SSSR count). The second-order valence-corrected chi connectivity index (χ2v) is 2.43. The maximum atomic E-state index is 5.58. The fourth-order valence-electron chi connectivity index (χ4n) is 0.688. The summed E-state index contributed by atoms with van der Waals surface area (Å²) in [7, 11) is 0. The molecule has 0 bridgehead atoms. The van der Waals surface area contributed by atoms with Crippen LogP contribution in [-0.4, -0.2) is 5.45 Å². The zero-order valence-electron chi connectivity index (χ0n) is 5.50. The van der Waals surface area contributed by atoms with Gasteiger partial charge in [-0.2, -0.15) is 0 Å². The van der Waals surface area contributed by atoms with Crippen LogP contribution >= 0.6 is 15.9 Å². The molecule has 0 aliphatic heterocycles. The first-order valence-electron chi connectivity index (χ1n) is 2.98. The molecular formula is C7H9BrN2. The molecule has 0 heterocycles. The molecule has 1 aromatic rings. The quantitative estimate of drug-likeness (QED) is 0.341. The van der Waals surface area contributed by atoms with Crippen molar-refractivity contribution in [1.82, 2.24) is 0 Å². The van der Waals surface area contributed by atoms with Gasteiger partial charge in [-0.15, -0.1) is 0 Å². The van der Waals surface area contributed by atoms with Crippen LogP contribution in [0.15, 0.2) is 30.3 Å². The highest BCUT2D eigenvalue weighted by molar-refractivity contribution is 9.09. The minimum atomic E-state index is 0.650. The number of hydrazine groups is 1. The Morgan fingerprint density at radius 2 is 1.90 bits per heavy atom. The monoisotopic (exact) mass is 200 g/mol. The average Bonchev–Trinajstić information content (AvgIpc) is 2.05. The lowest BCUT2D eigenvalue weighted by Crippen LogP contribution is -2.28. The summed E-state index contributed by atoms with van der Waals surface area (Å²) in [5, 5.41) is 1.62. The zero-order chi connectivity index (χ0) is 7.40. The Hall–Kier alpha value is -0.540. The van der Waals surface area contributed by atoms with Crippen LogP contribution in [0.2, 0.25) is 0 Å². The van der Waals surface area contributed by atoms with Crippen LogP contribution < -0.4 is 10.9 Å². The van der Waals surface area contributed by atoms with Gasteiger partial charge in [-0.1, -0.05) is 34.1 Å². The van der Waals surface area contributed by atoms with E-state index in [0.29, 0.717) is 5.45 Å². The molecule has 0 saturated carbocycles. The molecule has 0 spiro atoms. The summed E-state index contributed by atoms with van der Waals surface area (Å²) in [5.41, 5.74) is 1.66. The van der Waals surface area contributed by atoms with Gasteiger partial charge in [0.15, 0.2) is 0 Å². The number of nitrogens with zero attached hydrogens (tertiary/aromatic N) is 1. The molecule has 1 aromatic carbocycles. The van der Waals surface area contributed by atoms with Gasteiger partial charge < -0.3 is 5.01 Å². The van der Waals surface area contributed by atoms with E-state index in [0.717, 1.165) is 5.69 Å². The fourth-order valence-corrected chi connectivity index (χ4v) is 0.978. The van der Waals surface area contributed by atoms with Crippen LogP contribution in [0, 0.1) is 0 Å². The van der Waals surface area contributed by atoms with Crippen LogP contribution in [0.25, 0.3) is 0 Å². The summed E-state index contributed by atoms with van der Waals surface area (Å²) >= 11 is 3.25. The topological polar surface area (TPSA) is 29.3 Å². The summed E-state index contributed by atoms with van der Waals surface area (Å²) in [6.45, 7) is 0. The van der Waals surface area contributed by atoms with E-state index in [1.165, 1.54) is 0 Å². The van der Waals surface area contributed by atoms with Gasteiger partial charge in [-0.05, 0) is 12.1 Å². The van der Waals surface area contributed by atoms with E-state index in [2.05, 4.69) is 15.9 Å².